The lowest BCUT2D eigenvalue weighted by Gasteiger charge is -2.02. The molecular formula is C20H13F2N3O2S. The molecule has 140 valence electrons. The number of para-hydroxylation sites is 1. The molecule has 0 fully saturated rings. The van der Waals surface area contributed by atoms with Gasteiger partial charge in [-0.1, -0.05) is 18.2 Å². The minimum absolute atomic E-state index is 0.196. The maximum atomic E-state index is 13.9. The SMILES string of the molecule is C/C(=N\Nc1nc(-c2ccc(F)cc2F)cs1)c1cc2ccccc2oc1=O. The van der Waals surface area contributed by atoms with E-state index in [2.05, 4.69) is 15.5 Å². The second-order valence-corrected chi connectivity index (χ2v) is 6.81. The Labute approximate surface area is 162 Å². The average Bonchev–Trinajstić information content (AvgIpc) is 3.14. The van der Waals surface area contributed by atoms with Crippen molar-refractivity contribution < 1.29 is 13.2 Å². The van der Waals surface area contributed by atoms with Gasteiger partial charge in [-0.2, -0.15) is 5.10 Å². The summed E-state index contributed by atoms with van der Waals surface area (Å²) < 4.78 is 32.2. The predicted octanol–water partition coefficient (Wildman–Crippen LogP) is 5.03. The van der Waals surface area contributed by atoms with Crippen molar-refractivity contribution in [2.75, 3.05) is 5.43 Å². The molecule has 5 nitrogen and oxygen atoms in total. The van der Waals surface area contributed by atoms with Crippen LogP contribution in [0.1, 0.15) is 12.5 Å². The topological polar surface area (TPSA) is 67.5 Å². The molecule has 4 aromatic rings. The van der Waals surface area contributed by atoms with Crippen LogP contribution in [-0.2, 0) is 0 Å². The van der Waals surface area contributed by atoms with E-state index in [1.807, 2.05) is 12.1 Å². The number of halogens is 2. The molecule has 0 spiro atoms. The first-order valence-corrected chi connectivity index (χ1v) is 9.14. The molecule has 0 unspecified atom stereocenters. The highest BCUT2D eigenvalue weighted by molar-refractivity contribution is 7.14. The van der Waals surface area contributed by atoms with E-state index in [1.54, 1.807) is 30.5 Å². The van der Waals surface area contributed by atoms with E-state index in [-0.39, 0.29) is 5.56 Å². The van der Waals surface area contributed by atoms with Gasteiger partial charge in [0.15, 0.2) is 0 Å². The van der Waals surface area contributed by atoms with Gasteiger partial charge < -0.3 is 4.42 Å². The minimum atomic E-state index is -0.690. The molecule has 1 N–H and O–H groups in total. The smallest absolute Gasteiger partial charge is 0.345 e. The highest BCUT2D eigenvalue weighted by atomic mass is 32.1. The molecule has 0 aliphatic carbocycles. The zero-order chi connectivity index (χ0) is 19.7. The summed E-state index contributed by atoms with van der Waals surface area (Å²) in [5.74, 6) is -1.34. The number of hydrazone groups is 1. The van der Waals surface area contributed by atoms with Crippen LogP contribution in [0.4, 0.5) is 13.9 Å². The van der Waals surface area contributed by atoms with Gasteiger partial charge in [-0.15, -0.1) is 11.3 Å². The summed E-state index contributed by atoms with van der Waals surface area (Å²) >= 11 is 1.21. The highest BCUT2D eigenvalue weighted by Crippen LogP contribution is 2.27. The Balaban J connectivity index is 1.59. The molecule has 0 amide bonds. The van der Waals surface area contributed by atoms with Crippen molar-refractivity contribution in [2.45, 2.75) is 6.92 Å². The van der Waals surface area contributed by atoms with Crippen molar-refractivity contribution in [1.82, 2.24) is 4.98 Å². The number of nitrogens with one attached hydrogen (secondary N) is 1. The van der Waals surface area contributed by atoms with Crippen LogP contribution in [0.15, 0.2) is 68.2 Å². The fraction of sp³-hybridized carbons (Fsp3) is 0.0500. The number of benzene rings is 2. The Hall–Kier alpha value is -3.39. The van der Waals surface area contributed by atoms with Crippen LogP contribution < -0.4 is 11.1 Å². The normalized spacial score (nSPS) is 11.8. The summed E-state index contributed by atoms with van der Waals surface area (Å²) in [6, 6.07) is 12.2. The standard InChI is InChI=1S/C20H13F2N3O2S/c1-11(15-8-12-4-2-3-5-18(12)27-19(15)26)24-25-20-23-17(10-28-20)14-7-6-13(21)9-16(14)22/h2-10H,1H3,(H,23,25)/b24-11+. The summed E-state index contributed by atoms with van der Waals surface area (Å²) in [5, 5.41) is 7.00. The average molecular weight is 397 g/mol. The first-order valence-electron chi connectivity index (χ1n) is 8.26. The van der Waals surface area contributed by atoms with Crippen LogP contribution in [0, 0.1) is 11.6 Å². The van der Waals surface area contributed by atoms with Gasteiger partial charge in [0.1, 0.15) is 17.2 Å². The molecule has 4 rings (SSSR count). The van der Waals surface area contributed by atoms with E-state index >= 15 is 0 Å². The van der Waals surface area contributed by atoms with Crippen LogP contribution in [-0.4, -0.2) is 10.7 Å². The van der Waals surface area contributed by atoms with Crippen LogP contribution in [0.2, 0.25) is 0 Å². The molecule has 0 saturated carbocycles. The van der Waals surface area contributed by atoms with Crippen LogP contribution in [0.5, 0.6) is 0 Å². The summed E-state index contributed by atoms with van der Waals surface area (Å²) in [7, 11) is 0. The number of hydrogen-bond acceptors (Lipinski definition) is 6. The van der Waals surface area contributed by atoms with Crippen molar-refractivity contribution in [3.8, 4) is 11.3 Å². The zero-order valence-corrected chi connectivity index (χ0v) is 15.4. The summed E-state index contributed by atoms with van der Waals surface area (Å²) in [6.07, 6.45) is 0. The Morgan fingerprint density at radius 2 is 2.00 bits per heavy atom. The molecular weight excluding hydrogens is 384 g/mol. The molecule has 0 radical (unpaired) electrons. The Morgan fingerprint density at radius 1 is 1.18 bits per heavy atom. The van der Waals surface area contributed by atoms with E-state index in [0.29, 0.717) is 27.7 Å². The van der Waals surface area contributed by atoms with E-state index in [1.165, 1.54) is 23.5 Å². The van der Waals surface area contributed by atoms with Gasteiger partial charge in [0, 0.05) is 22.4 Å². The van der Waals surface area contributed by atoms with Gasteiger partial charge >= 0.3 is 5.63 Å². The molecule has 2 aromatic carbocycles. The van der Waals surface area contributed by atoms with Gasteiger partial charge in [-0.3, -0.25) is 5.43 Å². The maximum Gasteiger partial charge on any atom is 0.345 e. The maximum absolute atomic E-state index is 13.9. The van der Waals surface area contributed by atoms with E-state index in [4.69, 9.17) is 4.42 Å². The molecule has 0 bridgehead atoms. The Bertz CT molecular complexity index is 1260. The fourth-order valence-corrected chi connectivity index (χ4v) is 3.30. The second-order valence-electron chi connectivity index (χ2n) is 5.96. The van der Waals surface area contributed by atoms with Gasteiger partial charge in [-0.25, -0.2) is 18.6 Å². The minimum Gasteiger partial charge on any atom is -0.422 e. The first-order chi connectivity index (χ1) is 13.5. The molecule has 28 heavy (non-hydrogen) atoms. The van der Waals surface area contributed by atoms with Gasteiger partial charge in [-0.05, 0) is 31.2 Å². The lowest BCUT2D eigenvalue weighted by Crippen LogP contribution is -2.13. The van der Waals surface area contributed by atoms with Gasteiger partial charge in [0.2, 0.25) is 5.13 Å². The quantitative estimate of drug-likeness (QED) is 0.298. The van der Waals surface area contributed by atoms with Crippen LogP contribution >= 0.6 is 11.3 Å². The van der Waals surface area contributed by atoms with Crippen molar-refractivity contribution in [2.24, 2.45) is 5.10 Å². The number of rotatable bonds is 4. The van der Waals surface area contributed by atoms with Gasteiger partial charge in [0.25, 0.3) is 0 Å². The molecule has 0 aliphatic heterocycles. The number of aromatic nitrogens is 1. The summed E-state index contributed by atoms with van der Waals surface area (Å²) in [4.78, 5) is 16.4. The number of fused-ring (bicyclic) bond motifs is 1. The third kappa shape index (κ3) is 3.54. The predicted molar refractivity (Wildman–Crippen MR) is 106 cm³/mol. The largest absolute Gasteiger partial charge is 0.422 e. The van der Waals surface area contributed by atoms with Crippen molar-refractivity contribution in [3.05, 3.63) is 81.5 Å². The Kier molecular flexibility index (Phi) is 4.70. The highest BCUT2D eigenvalue weighted by Gasteiger charge is 2.11. The summed E-state index contributed by atoms with van der Waals surface area (Å²) in [5.41, 5.74) is 4.08. The van der Waals surface area contributed by atoms with Crippen molar-refractivity contribution >= 4 is 33.1 Å². The lowest BCUT2D eigenvalue weighted by molar-refractivity contribution is 0.559. The van der Waals surface area contributed by atoms with E-state index in [9.17, 15) is 13.6 Å². The second kappa shape index (κ2) is 7.32. The molecule has 0 atom stereocenters. The molecule has 8 heteroatoms. The molecule has 0 aliphatic rings. The van der Waals surface area contributed by atoms with E-state index in [0.717, 1.165) is 11.5 Å². The molecule has 2 aromatic heterocycles. The van der Waals surface area contributed by atoms with E-state index < -0.39 is 17.3 Å². The van der Waals surface area contributed by atoms with Crippen LogP contribution in [0.25, 0.3) is 22.2 Å². The first kappa shape index (κ1) is 18.0. The number of nitrogens with zero attached hydrogens (tertiary/aromatic N) is 2. The number of anilines is 1. The molecule has 2 heterocycles. The number of hydrogen-bond donors (Lipinski definition) is 1. The fourth-order valence-electron chi connectivity index (χ4n) is 2.65. The third-order valence-corrected chi connectivity index (χ3v) is 4.81. The Morgan fingerprint density at radius 3 is 2.82 bits per heavy atom. The van der Waals surface area contributed by atoms with Crippen molar-refractivity contribution in [3.63, 3.8) is 0 Å². The lowest BCUT2D eigenvalue weighted by atomic mass is 10.1. The molecule has 0 saturated heterocycles. The monoisotopic (exact) mass is 397 g/mol. The third-order valence-electron chi connectivity index (χ3n) is 4.06. The summed E-state index contributed by atoms with van der Waals surface area (Å²) in [6.45, 7) is 1.67. The van der Waals surface area contributed by atoms with Crippen LogP contribution in [0.3, 0.4) is 0 Å². The van der Waals surface area contributed by atoms with Crippen molar-refractivity contribution in [1.29, 1.82) is 0 Å². The van der Waals surface area contributed by atoms with Gasteiger partial charge in [0.05, 0.1) is 17.0 Å². The number of thiazole rings is 1. The zero-order valence-electron chi connectivity index (χ0n) is 14.6.